The molecule has 1 aromatic carbocycles. The number of furan rings is 1. The molecule has 0 saturated heterocycles. The number of aromatic nitrogens is 1. The molecule has 2 heterocycles. The molecule has 0 aliphatic heterocycles. The summed E-state index contributed by atoms with van der Waals surface area (Å²) in [4.78, 5) is 26.9. The molecule has 21 heavy (non-hydrogen) atoms. The largest absolute Gasteiger partial charge is 0.481 e. The van der Waals surface area contributed by atoms with Crippen LogP contribution < -0.4 is 5.32 Å². The fourth-order valence-electron chi connectivity index (χ4n) is 1.92. The Bertz CT molecular complexity index is 821. The number of hydrogen-bond acceptors (Lipinski definition) is 5. The van der Waals surface area contributed by atoms with Gasteiger partial charge < -0.3 is 9.52 Å². The Balaban J connectivity index is 1.80. The van der Waals surface area contributed by atoms with Crippen LogP contribution in [-0.2, 0) is 11.2 Å². The molecule has 0 radical (unpaired) electrons. The zero-order chi connectivity index (χ0) is 14.8. The Morgan fingerprint density at radius 1 is 1.33 bits per heavy atom. The first-order valence-corrected chi connectivity index (χ1v) is 6.95. The minimum Gasteiger partial charge on any atom is -0.481 e. The molecule has 2 N–H and O–H groups in total. The van der Waals surface area contributed by atoms with Gasteiger partial charge in [0.15, 0.2) is 5.13 Å². The number of nitrogens with one attached hydrogen (secondary N) is 1. The third kappa shape index (κ3) is 2.77. The lowest BCUT2D eigenvalue weighted by Crippen LogP contribution is -2.11. The summed E-state index contributed by atoms with van der Waals surface area (Å²) in [6.07, 6.45) is 1.23. The first-order chi connectivity index (χ1) is 10.1. The van der Waals surface area contributed by atoms with Crippen molar-refractivity contribution in [3.05, 3.63) is 47.2 Å². The van der Waals surface area contributed by atoms with E-state index in [-0.39, 0.29) is 12.3 Å². The number of hydrogen-bond donors (Lipinski definition) is 2. The van der Waals surface area contributed by atoms with Crippen molar-refractivity contribution in [3.63, 3.8) is 0 Å². The molecule has 0 bridgehead atoms. The fourth-order valence-corrected chi connectivity index (χ4v) is 2.62. The Morgan fingerprint density at radius 3 is 2.95 bits per heavy atom. The van der Waals surface area contributed by atoms with Crippen LogP contribution in [0.15, 0.2) is 40.3 Å². The van der Waals surface area contributed by atoms with Crippen LogP contribution in [0.2, 0.25) is 0 Å². The maximum absolute atomic E-state index is 12.2. The van der Waals surface area contributed by atoms with Crippen LogP contribution in [0.25, 0.3) is 11.0 Å². The standard InChI is InChI=1S/C14H10N2O4S/c17-12(18)5-8-7-21-14(15-8)16-13(19)10-6-20-11-4-2-1-3-9(10)11/h1-4,6-7H,5H2,(H,17,18)(H,15,16,19). The summed E-state index contributed by atoms with van der Waals surface area (Å²) in [6.45, 7) is 0. The van der Waals surface area contributed by atoms with Crippen molar-refractivity contribution >= 4 is 39.3 Å². The highest BCUT2D eigenvalue weighted by molar-refractivity contribution is 7.14. The molecule has 0 spiro atoms. The number of para-hydroxylation sites is 1. The molecule has 1 amide bonds. The van der Waals surface area contributed by atoms with Gasteiger partial charge in [-0.15, -0.1) is 11.3 Å². The van der Waals surface area contributed by atoms with E-state index in [1.165, 1.54) is 17.6 Å². The number of thiazole rings is 1. The Morgan fingerprint density at radius 2 is 2.14 bits per heavy atom. The van der Waals surface area contributed by atoms with Crippen molar-refractivity contribution in [2.75, 3.05) is 5.32 Å². The number of carboxylic acid groups (broad SMARTS) is 1. The average Bonchev–Trinajstić information content (AvgIpc) is 3.04. The van der Waals surface area contributed by atoms with Gasteiger partial charge in [-0.3, -0.25) is 14.9 Å². The minimum atomic E-state index is -0.959. The van der Waals surface area contributed by atoms with Crippen molar-refractivity contribution in [1.29, 1.82) is 0 Å². The zero-order valence-electron chi connectivity index (χ0n) is 10.7. The molecule has 3 rings (SSSR count). The second kappa shape index (κ2) is 5.37. The minimum absolute atomic E-state index is 0.166. The van der Waals surface area contributed by atoms with Gasteiger partial charge in [-0.2, -0.15) is 0 Å². The maximum atomic E-state index is 12.2. The number of carbonyl (C=O) groups is 2. The van der Waals surface area contributed by atoms with Gasteiger partial charge in [0, 0.05) is 10.8 Å². The second-order valence-corrected chi connectivity index (χ2v) is 5.17. The normalized spacial score (nSPS) is 10.7. The number of aliphatic carboxylic acids is 1. The van der Waals surface area contributed by atoms with Gasteiger partial charge in [-0.1, -0.05) is 18.2 Å². The monoisotopic (exact) mass is 302 g/mol. The number of amides is 1. The van der Waals surface area contributed by atoms with Crippen LogP contribution in [-0.4, -0.2) is 22.0 Å². The second-order valence-electron chi connectivity index (χ2n) is 4.31. The van der Waals surface area contributed by atoms with Gasteiger partial charge >= 0.3 is 5.97 Å². The molecule has 0 fully saturated rings. The van der Waals surface area contributed by atoms with Crippen LogP contribution in [0, 0.1) is 0 Å². The van der Waals surface area contributed by atoms with E-state index in [0.717, 1.165) is 5.39 Å². The van der Waals surface area contributed by atoms with E-state index >= 15 is 0 Å². The third-order valence-electron chi connectivity index (χ3n) is 2.83. The number of rotatable bonds is 4. The first kappa shape index (κ1) is 13.3. The SMILES string of the molecule is O=C(O)Cc1csc(NC(=O)c2coc3ccccc23)n1. The average molecular weight is 302 g/mol. The van der Waals surface area contributed by atoms with Crippen molar-refractivity contribution in [2.24, 2.45) is 0 Å². The summed E-state index contributed by atoms with van der Waals surface area (Å²) in [5.74, 6) is -1.30. The van der Waals surface area contributed by atoms with E-state index in [0.29, 0.717) is 22.0 Å². The highest BCUT2D eigenvalue weighted by atomic mass is 32.1. The van der Waals surface area contributed by atoms with E-state index in [2.05, 4.69) is 10.3 Å². The van der Waals surface area contributed by atoms with Crippen molar-refractivity contribution < 1.29 is 19.1 Å². The fraction of sp³-hybridized carbons (Fsp3) is 0.0714. The van der Waals surface area contributed by atoms with Crippen LogP contribution in [0.3, 0.4) is 0 Å². The molecule has 0 atom stereocenters. The van der Waals surface area contributed by atoms with Gasteiger partial charge in [0.2, 0.25) is 0 Å². The van der Waals surface area contributed by atoms with E-state index in [1.807, 2.05) is 12.1 Å². The quantitative estimate of drug-likeness (QED) is 0.773. The summed E-state index contributed by atoms with van der Waals surface area (Å²) in [7, 11) is 0. The molecule has 2 aromatic heterocycles. The molecule has 7 heteroatoms. The number of benzene rings is 1. The molecule has 0 unspecified atom stereocenters. The van der Waals surface area contributed by atoms with Crippen LogP contribution in [0.4, 0.5) is 5.13 Å². The van der Waals surface area contributed by atoms with Crippen molar-refractivity contribution in [3.8, 4) is 0 Å². The van der Waals surface area contributed by atoms with Crippen molar-refractivity contribution in [2.45, 2.75) is 6.42 Å². The number of fused-ring (bicyclic) bond motifs is 1. The van der Waals surface area contributed by atoms with Gasteiger partial charge in [0.25, 0.3) is 5.91 Å². The van der Waals surface area contributed by atoms with Crippen LogP contribution in [0.5, 0.6) is 0 Å². The molecule has 0 aliphatic carbocycles. The first-order valence-electron chi connectivity index (χ1n) is 6.07. The predicted molar refractivity (Wildman–Crippen MR) is 77.6 cm³/mol. The Hall–Kier alpha value is -2.67. The summed E-state index contributed by atoms with van der Waals surface area (Å²) in [5, 5.41) is 14.0. The third-order valence-corrected chi connectivity index (χ3v) is 3.64. The summed E-state index contributed by atoms with van der Waals surface area (Å²) in [5.41, 5.74) is 1.47. The van der Waals surface area contributed by atoms with Crippen LogP contribution in [0.1, 0.15) is 16.1 Å². The van der Waals surface area contributed by atoms with E-state index in [1.54, 1.807) is 17.5 Å². The Kier molecular flexibility index (Phi) is 3.41. The topological polar surface area (TPSA) is 92.4 Å². The molecular weight excluding hydrogens is 292 g/mol. The van der Waals surface area contributed by atoms with Gasteiger partial charge in [0.1, 0.15) is 11.8 Å². The number of carboxylic acids is 1. The highest BCUT2D eigenvalue weighted by Crippen LogP contribution is 2.23. The predicted octanol–water partition coefficient (Wildman–Crippen LogP) is 2.77. The molecule has 0 saturated carbocycles. The van der Waals surface area contributed by atoms with Crippen molar-refractivity contribution in [1.82, 2.24) is 4.98 Å². The summed E-state index contributed by atoms with van der Waals surface area (Å²) >= 11 is 1.19. The zero-order valence-corrected chi connectivity index (χ0v) is 11.5. The number of nitrogens with zero attached hydrogens (tertiary/aromatic N) is 1. The molecule has 0 aliphatic rings. The number of anilines is 1. The lowest BCUT2D eigenvalue weighted by molar-refractivity contribution is -0.136. The van der Waals surface area contributed by atoms with Gasteiger partial charge in [-0.25, -0.2) is 4.98 Å². The molecular formula is C14H10N2O4S. The maximum Gasteiger partial charge on any atom is 0.309 e. The van der Waals surface area contributed by atoms with E-state index in [9.17, 15) is 9.59 Å². The smallest absolute Gasteiger partial charge is 0.309 e. The lowest BCUT2D eigenvalue weighted by atomic mass is 10.2. The molecule has 6 nitrogen and oxygen atoms in total. The van der Waals surface area contributed by atoms with Gasteiger partial charge in [0.05, 0.1) is 17.7 Å². The van der Waals surface area contributed by atoms with E-state index in [4.69, 9.17) is 9.52 Å². The highest BCUT2D eigenvalue weighted by Gasteiger charge is 2.15. The summed E-state index contributed by atoms with van der Waals surface area (Å²) in [6, 6.07) is 7.22. The van der Waals surface area contributed by atoms with E-state index < -0.39 is 5.97 Å². The van der Waals surface area contributed by atoms with Crippen LogP contribution >= 0.6 is 11.3 Å². The summed E-state index contributed by atoms with van der Waals surface area (Å²) < 4.78 is 5.31. The Labute approximate surface area is 123 Å². The number of carbonyl (C=O) groups excluding carboxylic acids is 1. The molecule has 3 aromatic rings. The lowest BCUT2D eigenvalue weighted by Gasteiger charge is -1.99. The van der Waals surface area contributed by atoms with Gasteiger partial charge in [-0.05, 0) is 6.07 Å². The molecule has 106 valence electrons.